The van der Waals surface area contributed by atoms with E-state index >= 15 is 0 Å². The van der Waals surface area contributed by atoms with Crippen LogP contribution in [0.2, 0.25) is 0 Å². The number of pyridine rings is 1. The van der Waals surface area contributed by atoms with Gasteiger partial charge in [-0.05, 0) is 24.6 Å². The number of nitrogens with one attached hydrogen (secondary N) is 1. The van der Waals surface area contributed by atoms with Crippen molar-refractivity contribution in [3.63, 3.8) is 0 Å². The van der Waals surface area contributed by atoms with Gasteiger partial charge in [-0.3, -0.25) is 15.0 Å². The van der Waals surface area contributed by atoms with Crippen molar-refractivity contribution in [2.45, 2.75) is 19.1 Å². The standard InChI is InChI=1S/C23H27N5O2S/c1-23(30-2,18-8-4-3-5-9-18)21(29)26-22-25-19(17-31-22)16-27-12-14-28(15-13-27)20-10-6-7-11-24-20/h3-11,17H,12-16H2,1-2H3,(H,25,26,29). The van der Waals surface area contributed by atoms with Crippen molar-refractivity contribution in [1.82, 2.24) is 14.9 Å². The number of nitrogens with zero attached hydrogens (tertiary/aromatic N) is 4. The molecule has 4 rings (SSSR count). The second-order valence-corrected chi connectivity index (χ2v) is 8.51. The normalized spacial score (nSPS) is 16.6. The Morgan fingerprint density at radius 2 is 1.87 bits per heavy atom. The lowest BCUT2D eigenvalue weighted by Gasteiger charge is -2.35. The summed E-state index contributed by atoms with van der Waals surface area (Å²) in [5.74, 6) is 0.798. The molecule has 0 saturated carbocycles. The second-order valence-electron chi connectivity index (χ2n) is 7.65. The van der Waals surface area contributed by atoms with Gasteiger partial charge in [-0.25, -0.2) is 9.97 Å². The van der Waals surface area contributed by atoms with E-state index < -0.39 is 5.60 Å². The number of ether oxygens (including phenoxy) is 1. The lowest BCUT2D eigenvalue weighted by molar-refractivity contribution is -0.136. The number of methoxy groups -OCH3 is 1. The van der Waals surface area contributed by atoms with Crippen LogP contribution in [-0.4, -0.2) is 54.1 Å². The highest BCUT2D eigenvalue weighted by atomic mass is 32.1. The highest BCUT2D eigenvalue weighted by molar-refractivity contribution is 7.13. The Hall–Kier alpha value is -2.81. The maximum Gasteiger partial charge on any atom is 0.262 e. The smallest absolute Gasteiger partial charge is 0.262 e. The SMILES string of the molecule is COC(C)(C(=O)Nc1nc(CN2CCN(c3ccccn3)CC2)cs1)c1ccccc1. The minimum Gasteiger partial charge on any atom is -0.364 e. The minimum absolute atomic E-state index is 0.230. The molecule has 1 aliphatic rings. The van der Waals surface area contributed by atoms with Gasteiger partial charge in [-0.2, -0.15) is 0 Å². The lowest BCUT2D eigenvalue weighted by Crippen LogP contribution is -2.46. The lowest BCUT2D eigenvalue weighted by atomic mass is 9.95. The van der Waals surface area contributed by atoms with Crippen molar-refractivity contribution in [2.24, 2.45) is 0 Å². The van der Waals surface area contributed by atoms with Gasteiger partial charge >= 0.3 is 0 Å². The Bertz CT molecular complexity index is 989. The Balaban J connectivity index is 1.33. The van der Waals surface area contributed by atoms with Crippen molar-refractivity contribution >= 4 is 28.2 Å². The predicted octanol–water partition coefficient (Wildman–Crippen LogP) is 3.36. The van der Waals surface area contributed by atoms with E-state index in [1.54, 1.807) is 14.0 Å². The molecule has 0 spiro atoms. The van der Waals surface area contributed by atoms with Crippen molar-refractivity contribution in [3.8, 4) is 0 Å². The fourth-order valence-electron chi connectivity index (χ4n) is 3.66. The summed E-state index contributed by atoms with van der Waals surface area (Å²) in [7, 11) is 1.55. The van der Waals surface area contributed by atoms with Crippen LogP contribution in [0.4, 0.5) is 10.9 Å². The van der Waals surface area contributed by atoms with Gasteiger partial charge in [0.05, 0.1) is 5.69 Å². The third kappa shape index (κ3) is 4.92. The third-order valence-electron chi connectivity index (χ3n) is 5.67. The van der Waals surface area contributed by atoms with Crippen LogP contribution in [-0.2, 0) is 21.7 Å². The number of aromatic nitrogens is 2. The quantitative estimate of drug-likeness (QED) is 0.611. The number of hydrogen-bond acceptors (Lipinski definition) is 7. The molecule has 1 aromatic carbocycles. The van der Waals surface area contributed by atoms with Gasteiger partial charge in [0.15, 0.2) is 10.7 Å². The average Bonchev–Trinajstić information content (AvgIpc) is 3.26. The van der Waals surface area contributed by atoms with Crippen LogP contribution < -0.4 is 10.2 Å². The molecule has 3 aromatic rings. The molecular formula is C23H27N5O2S. The van der Waals surface area contributed by atoms with Crippen LogP contribution >= 0.6 is 11.3 Å². The molecule has 1 fully saturated rings. The van der Waals surface area contributed by atoms with E-state index in [4.69, 9.17) is 4.74 Å². The average molecular weight is 438 g/mol. The zero-order valence-electron chi connectivity index (χ0n) is 17.8. The van der Waals surface area contributed by atoms with Gasteiger partial charge in [0.25, 0.3) is 5.91 Å². The summed E-state index contributed by atoms with van der Waals surface area (Å²) in [5, 5.41) is 5.52. The Kier molecular flexibility index (Phi) is 6.60. The number of piperazine rings is 1. The van der Waals surface area contributed by atoms with Crippen LogP contribution in [0.25, 0.3) is 0 Å². The minimum atomic E-state index is -1.07. The zero-order valence-corrected chi connectivity index (χ0v) is 18.6. The van der Waals surface area contributed by atoms with Crippen LogP contribution in [0.1, 0.15) is 18.2 Å². The number of carbonyl (C=O) groups is 1. The van der Waals surface area contributed by atoms with E-state index in [0.29, 0.717) is 5.13 Å². The molecule has 1 aliphatic heterocycles. The van der Waals surface area contributed by atoms with Crippen molar-refractivity contribution < 1.29 is 9.53 Å². The van der Waals surface area contributed by atoms with E-state index in [1.165, 1.54) is 11.3 Å². The Labute approximate surface area is 186 Å². The first-order valence-electron chi connectivity index (χ1n) is 10.3. The maximum absolute atomic E-state index is 12.9. The van der Waals surface area contributed by atoms with Crippen molar-refractivity contribution in [3.05, 3.63) is 71.4 Å². The number of anilines is 2. The monoisotopic (exact) mass is 437 g/mol. The molecular weight excluding hydrogens is 410 g/mol. The fraction of sp³-hybridized carbons (Fsp3) is 0.348. The molecule has 2 aromatic heterocycles. The first-order valence-corrected chi connectivity index (χ1v) is 11.2. The van der Waals surface area contributed by atoms with E-state index in [2.05, 4.69) is 25.1 Å². The van der Waals surface area contributed by atoms with E-state index in [0.717, 1.165) is 49.8 Å². The molecule has 0 bridgehead atoms. The number of rotatable bonds is 7. The Morgan fingerprint density at radius 3 is 2.55 bits per heavy atom. The highest BCUT2D eigenvalue weighted by Gasteiger charge is 2.35. The molecule has 1 saturated heterocycles. The molecule has 31 heavy (non-hydrogen) atoms. The molecule has 8 heteroatoms. The summed E-state index contributed by atoms with van der Waals surface area (Å²) in [6.45, 7) is 6.31. The van der Waals surface area contributed by atoms with Crippen molar-refractivity contribution in [1.29, 1.82) is 0 Å². The number of carbonyl (C=O) groups excluding carboxylic acids is 1. The first kappa shape index (κ1) is 21.4. The Morgan fingerprint density at radius 1 is 1.13 bits per heavy atom. The summed E-state index contributed by atoms with van der Waals surface area (Å²) >= 11 is 1.44. The molecule has 0 radical (unpaired) electrons. The molecule has 7 nitrogen and oxygen atoms in total. The van der Waals surface area contributed by atoms with Crippen molar-refractivity contribution in [2.75, 3.05) is 43.5 Å². The molecule has 162 valence electrons. The van der Waals surface area contributed by atoms with E-state index in [1.807, 2.05) is 60.1 Å². The third-order valence-corrected chi connectivity index (χ3v) is 6.48. The highest BCUT2D eigenvalue weighted by Crippen LogP contribution is 2.27. The van der Waals surface area contributed by atoms with Gasteiger partial charge in [-0.15, -0.1) is 11.3 Å². The number of thiazole rings is 1. The number of benzene rings is 1. The molecule has 3 heterocycles. The largest absolute Gasteiger partial charge is 0.364 e. The second kappa shape index (κ2) is 9.55. The summed E-state index contributed by atoms with van der Waals surface area (Å²) in [5.41, 5.74) is 0.692. The van der Waals surface area contributed by atoms with Gasteiger partial charge in [0.1, 0.15) is 5.82 Å². The molecule has 1 atom stereocenters. The summed E-state index contributed by atoms with van der Waals surface area (Å²) in [6.07, 6.45) is 1.83. The van der Waals surface area contributed by atoms with Gasteiger partial charge < -0.3 is 9.64 Å². The van der Waals surface area contributed by atoms with Gasteiger partial charge in [0.2, 0.25) is 0 Å². The predicted molar refractivity (Wildman–Crippen MR) is 123 cm³/mol. The molecule has 1 unspecified atom stereocenters. The van der Waals surface area contributed by atoms with Crippen LogP contribution in [0.5, 0.6) is 0 Å². The van der Waals surface area contributed by atoms with Crippen LogP contribution in [0.3, 0.4) is 0 Å². The number of hydrogen-bond donors (Lipinski definition) is 1. The fourth-order valence-corrected chi connectivity index (χ4v) is 4.35. The first-order chi connectivity index (χ1) is 15.1. The summed E-state index contributed by atoms with van der Waals surface area (Å²) in [4.78, 5) is 26.7. The molecule has 1 amide bonds. The summed E-state index contributed by atoms with van der Waals surface area (Å²) < 4.78 is 5.58. The molecule has 1 N–H and O–H groups in total. The molecule has 0 aliphatic carbocycles. The van der Waals surface area contributed by atoms with Crippen LogP contribution in [0.15, 0.2) is 60.1 Å². The maximum atomic E-state index is 12.9. The van der Waals surface area contributed by atoms with E-state index in [-0.39, 0.29) is 5.91 Å². The van der Waals surface area contributed by atoms with Gasteiger partial charge in [0, 0.05) is 51.4 Å². The van der Waals surface area contributed by atoms with Gasteiger partial charge in [-0.1, -0.05) is 36.4 Å². The topological polar surface area (TPSA) is 70.6 Å². The zero-order chi connectivity index (χ0) is 21.7. The van der Waals surface area contributed by atoms with E-state index in [9.17, 15) is 4.79 Å². The van der Waals surface area contributed by atoms with Crippen LogP contribution in [0, 0.1) is 0 Å². The number of amides is 1. The summed E-state index contributed by atoms with van der Waals surface area (Å²) in [6, 6.07) is 15.5.